The topological polar surface area (TPSA) is 79.4 Å². The van der Waals surface area contributed by atoms with Crippen LogP contribution in [0.3, 0.4) is 0 Å². The zero-order chi connectivity index (χ0) is 27.3. The van der Waals surface area contributed by atoms with E-state index in [1.807, 2.05) is 43.3 Å². The number of carbonyl (C=O) groups excluding carboxylic acids is 1. The van der Waals surface area contributed by atoms with Gasteiger partial charge < -0.3 is 20.3 Å². The molecule has 0 bridgehead atoms. The Bertz CT molecular complexity index is 1260. The van der Waals surface area contributed by atoms with Gasteiger partial charge in [-0.25, -0.2) is 4.98 Å². The van der Waals surface area contributed by atoms with Gasteiger partial charge in [-0.3, -0.25) is 4.79 Å². The molecule has 2 N–H and O–H groups in total. The number of fused-ring (bicyclic) bond motifs is 1. The van der Waals surface area contributed by atoms with Gasteiger partial charge in [0.15, 0.2) is 0 Å². The smallest absolute Gasteiger partial charge is 0.405 e. The van der Waals surface area contributed by atoms with Gasteiger partial charge in [-0.05, 0) is 67.9 Å². The van der Waals surface area contributed by atoms with Gasteiger partial charge in [-0.2, -0.15) is 4.98 Å². The number of carbonyl (C=O) groups is 1. The number of benzene rings is 2. The standard InChI is InChI=1S/C27H31BrF3N5O2/c1-36(2)25-21-5-3-4-6-22(21)34-26(35-25)33-20-12-7-17(8-13-20)16-32-24(37)14-10-18-9-11-19(28)15-23(18)38-27(29,30)31/h3-6,9,11,15,17,20H,7-8,10,12-14,16H2,1-2H3,(H,32,37)(H,33,34,35)/t17-,20+. The molecule has 0 unspecified atom stereocenters. The predicted octanol–water partition coefficient (Wildman–Crippen LogP) is 6.08. The van der Waals surface area contributed by atoms with Crippen LogP contribution in [0.4, 0.5) is 24.9 Å². The van der Waals surface area contributed by atoms with Crippen molar-refractivity contribution in [2.75, 3.05) is 30.9 Å². The number of hydrogen-bond acceptors (Lipinski definition) is 6. The summed E-state index contributed by atoms with van der Waals surface area (Å²) in [6.07, 6.45) is -0.788. The summed E-state index contributed by atoms with van der Waals surface area (Å²) in [5.74, 6) is 1.36. The van der Waals surface area contributed by atoms with Gasteiger partial charge in [0, 0.05) is 43.0 Å². The summed E-state index contributed by atoms with van der Waals surface area (Å²) in [7, 11) is 3.93. The predicted molar refractivity (Wildman–Crippen MR) is 145 cm³/mol. The fourth-order valence-electron chi connectivity index (χ4n) is 4.71. The van der Waals surface area contributed by atoms with Crippen LogP contribution in [0.15, 0.2) is 46.9 Å². The average molecular weight is 594 g/mol. The first-order valence-electron chi connectivity index (χ1n) is 12.6. The summed E-state index contributed by atoms with van der Waals surface area (Å²) >= 11 is 3.15. The molecule has 3 aromatic rings. The number of nitrogens with zero attached hydrogens (tertiary/aromatic N) is 3. The second-order valence-electron chi connectivity index (χ2n) is 9.75. The van der Waals surface area contributed by atoms with Gasteiger partial charge in [0.1, 0.15) is 11.6 Å². The maximum atomic E-state index is 12.7. The van der Waals surface area contributed by atoms with Gasteiger partial charge in [-0.1, -0.05) is 34.1 Å². The summed E-state index contributed by atoms with van der Waals surface area (Å²) in [4.78, 5) is 23.8. The first-order chi connectivity index (χ1) is 18.1. The number of hydrogen-bond donors (Lipinski definition) is 2. The lowest BCUT2D eigenvalue weighted by molar-refractivity contribution is -0.274. The summed E-state index contributed by atoms with van der Waals surface area (Å²) in [5, 5.41) is 7.44. The zero-order valence-electron chi connectivity index (χ0n) is 21.3. The van der Waals surface area contributed by atoms with Crippen LogP contribution < -0.4 is 20.3 Å². The van der Waals surface area contributed by atoms with Gasteiger partial charge in [0.2, 0.25) is 11.9 Å². The SMILES string of the molecule is CN(C)c1nc(N[C@H]2CC[C@@H](CNC(=O)CCc3ccc(Br)cc3OC(F)(F)F)CC2)nc2ccccc12. The minimum Gasteiger partial charge on any atom is -0.405 e. The van der Waals surface area contributed by atoms with Crippen molar-refractivity contribution in [2.24, 2.45) is 5.92 Å². The van der Waals surface area contributed by atoms with Crippen molar-refractivity contribution in [3.8, 4) is 5.75 Å². The van der Waals surface area contributed by atoms with Gasteiger partial charge >= 0.3 is 6.36 Å². The normalized spacial score (nSPS) is 17.7. The third-order valence-corrected chi connectivity index (χ3v) is 7.14. The van der Waals surface area contributed by atoms with E-state index in [1.54, 1.807) is 6.07 Å². The van der Waals surface area contributed by atoms with E-state index >= 15 is 0 Å². The molecule has 1 saturated carbocycles. The van der Waals surface area contributed by atoms with Crippen LogP contribution in [0, 0.1) is 5.92 Å². The maximum absolute atomic E-state index is 12.7. The molecule has 0 aliphatic heterocycles. The van der Waals surface area contributed by atoms with Crippen molar-refractivity contribution in [1.82, 2.24) is 15.3 Å². The molecular formula is C27H31BrF3N5O2. The Hall–Kier alpha value is -3.08. The van der Waals surface area contributed by atoms with Gasteiger partial charge in [-0.15, -0.1) is 13.2 Å². The van der Waals surface area contributed by atoms with Crippen molar-refractivity contribution in [3.63, 3.8) is 0 Å². The quantitative estimate of drug-likeness (QED) is 0.313. The molecule has 1 aliphatic rings. The number of nitrogens with one attached hydrogen (secondary N) is 2. The average Bonchev–Trinajstić information content (AvgIpc) is 2.86. The lowest BCUT2D eigenvalue weighted by Gasteiger charge is -2.29. The molecule has 2 aromatic carbocycles. The summed E-state index contributed by atoms with van der Waals surface area (Å²) in [5.41, 5.74) is 1.23. The lowest BCUT2D eigenvalue weighted by atomic mass is 9.86. The Morgan fingerprint density at radius 1 is 1.11 bits per heavy atom. The highest BCUT2D eigenvalue weighted by atomic mass is 79.9. The zero-order valence-corrected chi connectivity index (χ0v) is 22.9. The molecule has 0 spiro atoms. The van der Waals surface area contributed by atoms with E-state index in [0.29, 0.717) is 28.4 Å². The van der Waals surface area contributed by atoms with Crippen LogP contribution in [0.2, 0.25) is 0 Å². The Morgan fingerprint density at radius 3 is 2.55 bits per heavy atom. The third kappa shape index (κ3) is 7.72. The van der Waals surface area contributed by atoms with Crippen molar-refractivity contribution >= 4 is 44.5 Å². The summed E-state index contributed by atoms with van der Waals surface area (Å²) in [6, 6.07) is 12.6. The van der Waals surface area contributed by atoms with E-state index in [-0.39, 0.29) is 30.5 Å². The van der Waals surface area contributed by atoms with Crippen LogP contribution >= 0.6 is 15.9 Å². The van der Waals surface area contributed by atoms with Crippen molar-refractivity contribution in [1.29, 1.82) is 0 Å². The molecule has 0 saturated heterocycles. The number of aromatic nitrogens is 2. The number of rotatable bonds is 9. The highest BCUT2D eigenvalue weighted by molar-refractivity contribution is 9.10. The van der Waals surface area contributed by atoms with Gasteiger partial charge in [0.05, 0.1) is 5.52 Å². The van der Waals surface area contributed by atoms with Crippen LogP contribution in [-0.2, 0) is 11.2 Å². The summed E-state index contributed by atoms with van der Waals surface area (Å²) < 4.78 is 42.7. The fourth-order valence-corrected chi connectivity index (χ4v) is 5.05. The second kappa shape index (κ2) is 12.2. The minimum atomic E-state index is -4.79. The van der Waals surface area contributed by atoms with Crippen molar-refractivity contribution in [3.05, 3.63) is 52.5 Å². The number of anilines is 2. The second-order valence-corrected chi connectivity index (χ2v) is 10.7. The van der Waals surface area contributed by atoms with E-state index in [9.17, 15) is 18.0 Å². The summed E-state index contributed by atoms with van der Waals surface area (Å²) in [6.45, 7) is 0.551. The molecular weight excluding hydrogens is 563 g/mol. The van der Waals surface area contributed by atoms with Crippen LogP contribution in [0.25, 0.3) is 10.9 Å². The maximum Gasteiger partial charge on any atom is 0.573 e. The van der Waals surface area contributed by atoms with Crippen LogP contribution in [-0.4, -0.2) is 48.9 Å². The number of alkyl halides is 3. The molecule has 1 fully saturated rings. The first kappa shape index (κ1) is 27.9. The molecule has 1 heterocycles. The molecule has 204 valence electrons. The third-order valence-electron chi connectivity index (χ3n) is 6.65. The number of para-hydroxylation sites is 1. The first-order valence-corrected chi connectivity index (χ1v) is 13.4. The molecule has 38 heavy (non-hydrogen) atoms. The Labute approximate surface area is 228 Å². The number of amides is 1. The molecule has 7 nitrogen and oxygen atoms in total. The highest BCUT2D eigenvalue weighted by Gasteiger charge is 2.32. The minimum absolute atomic E-state index is 0.0836. The van der Waals surface area contributed by atoms with Gasteiger partial charge in [0.25, 0.3) is 0 Å². The molecule has 1 aliphatic carbocycles. The fraction of sp³-hybridized carbons (Fsp3) is 0.444. The number of ether oxygens (including phenoxy) is 1. The Morgan fingerprint density at radius 2 is 1.84 bits per heavy atom. The molecule has 1 amide bonds. The van der Waals surface area contributed by atoms with E-state index in [0.717, 1.165) is 42.4 Å². The van der Waals surface area contributed by atoms with Crippen molar-refractivity contribution < 1.29 is 22.7 Å². The Balaban J connectivity index is 1.24. The van der Waals surface area contributed by atoms with E-state index in [4.69, 9.17) is 4.98 Å². The molecule has 0 radical (unpaired) electrons. The molecule has 1 aromatic heterocycles. The van der Waals surface area contributed by atoms with Crippen molar-refractivity contribution in [2.45, 2.75) is 50.9 Å². The van der Waals surface area contributed by atoms with Crippen LogP contribution in [0.1, 0.15) is 37.7 Å². The van der Waals surface area contributed by atoms with E-state index in [1.165, 1.54) is 12.1 Å². The Kier molecular flexibility index (Phi) is 8.96. The lowest BCUT2D eigenvalue weighted by Crippen LogP contribution is -2.34. The van der Waals surface area contributed by atoms with Crippen LogP contribution in [0.5, 0.6) is 5.75 Å². The highest BCUT2D eigenvalue weighted by Crippen LogP contribution is 2.31. The number of halogens is 4. The van der Waals surface area contributed by atoms with E-state index in [2.05, 4.69) is 36.3 Å². The number of aryl methyl sites for hydroxylation is 1. The molecule has 0 atom stereocenters. The largest absolute Gasteiger partial charge is 0.573 e. The molecule has 11 heteroatoms. The monoisotopic (exact) mass is 593 g/mol. The van der Waals surface area contributed by atoms with E-state index < -0.39 is 6.36 Å². The molecule has 4 rings (SSSR count).